The minimum atomic E-state index is -1.24. The predicted octanol–water partition coefficient (Wildman–Crippen LogP) is 7.53. The molecule has 2 aliphatic rings. The quantitative estimate of drug-likeness (QED) is 0.141. The Morgan fingerprint density at radius 2 is 1.81 bits per heavy atom. The highest BCUT2D eigenvalue weighted by Gasteiger charge is 2.51. The van der Waals surface area contributed by atoms with Crippen LogP contribution >= 0.6 is 0 Å². The van der Waals surface area contributed by atoms with Crippen molar-refractivity contribution in [3.8, 4) is 0 Å². The van der Waals surface area contributed by atoms with Gasteiger partial charge in [0, 0.05) is 20.6 Å². The van der Waals surface area contributed by atoms with Gasteiger partial charge in [0.1, 0.15) is 11.9 Å². The van der Waals surface area contributed by atoms with Gasteiger partial charge in [0.2, 0.25) is 0 Å². The Kier molecular flexibility index (Phi) is 9.32. The lowest BCUT2D eigenvalue weighted by atomic mass is 9.64. The van der Waals surface area contributed by atoms with E-state index in [-0.39, 0.29) is 30.0 Å². The van der Waals surface area contributed by atoms with Crippen molar-refractivity contribution in [1.29, 1.82) is 0 Å². The normalized spacial score (nSPS) is 27.2. The van der Waals surface area contributed by atoms with Gasteiger partial charge in [-0.1, -0.05) is 83.2 Å². The summed E-state index contributed by atoms with van der Waals surface area (Å²) < 4.78 is 18.6. The Labute approximate surface area is 220 Å². The third-order valence-electron chi connectivity index (χ3n) is 8.46. The molecule has 0 N–H and O–H groups in total. The molecule has 200 valence electrons. The van der Waals surface area contributed by atoms with Crippen molar-refractivity contribution in [3.05, 3.63) is 59.4 Å². The molecule has 0 aromatic heterocycles. The van der Waals surface area contributed by atoms with Crippen molar-refractivity contribution in [2.45, 2.75) is 90.6 Å². The van der Waals surface area contributed by atoms with Gasteiger partial charge in [0.15, 0.2) is 5.41 Å². The number of hydrogen-bond acceptors (Lipinski definition) is 4. The van der Waals surface area contributed by atoms with Crippen LogP contribution in [0.4, 0.5) is 0 Å². The van der Waals surface area contributed by atoms with Crippen molar-refractivity contribution < 1.29 is 19.0 Å². The number of ether oxygens (including phenoxy) is 3. The van der Waals surface area contributed by atoms with Gasteiger partial charge < -0.3 is 14.2 Å². The van der Waals surface area contributed by atoms with E-state index < -0.39 is 13.5 Å². The Balaban J connectivity index is 1.89. The topological polar surface area (TPSA) is 44.8 Å². The van der Waals surface area contributed by atoms with Crippen LogP contribution in [0.15, 0.2) is 53.8 Å². The van der Waals surface area contributed by atoms with Gasteiger partial charge in [-0.3, -0.25) is 4.79 Å². The molecule has 1 aromatic rings. The second-order valence-electron chi connectivity index (χ2n) is 12.7. The number of hydrogen-bond donors (Lipinski definition) is 0. The number of allylic oxidation sites excluding steroid dienone is 2. The maximum Gasteiger partial charge on any atom is 0.326 e. The molecule has 1 saturated carbocycles. The molecule has 5 heteroatoms. The van der Waals surface area contributed by atoms with E-state index in [9.17, 15) is 4.79 Å². The van der Waals surface area contributed by atoms with Crippen LogP contribution in [0.2, 0.25) is 25.7 Å². The molecule has 0 heterocycles. The zero-order valence-corrected chi connectivity index (χ0v) is 24.9. The van der Waals surface area contributed by atoms with Crippen molar-refractivity contribution in [3.63, 3.8) is 0 Å². The Hall–Kier alpha value is -1.85. The highest BCUT2D eigenvalue weighted by atomic mass is 28.3. The van der Waals surface area contributed by atoms with E-state index in [4.69, 9.17) is 14.2 Å². The lowest BCUT2D eigenvalue weighted by molar-refractivity contribution is -0.169. The summed E-state index contributed by atoms with van der Waals surface area (Å²) in [7, 11) is 0.407. The second-order valence-corrected chi connectivity index (χ2v) is 18.3. The molecule has 0 saturated heterocycles. The fourth-order valence-electron chi connectivity index (χ4n) is 5.86. The van der Waals surface area contributed by atoms with E-state index in [0.29, 0.717) is 18.3 Å². The molecule has 2 aliphatic carbocycles. The minimum absolute atomic E-state index is 0.106. The van der Waals surface area contributed by atoms with Crippen LogP contribution in [0, 0.1) is 17.3 Å². The average molecular weight is 513 g/mol. The first-order chi connectivity index (χ1) is 16.9. The van der Waals surface area contributed by atoms with Crippen LogP contribution in [0.1, 0.15) is 58.9 Å². The summed E-state index contributed by atoms with van der Waals surface area (Å²) in [4.78, 5) is 14.2. The molecule has 0 radical (unpaired) electrons. The van der Waals surface area contributed by atoms with Gasteiger partial charge in [-0.05, 0) is 60.8 Å². The number of carbonyl (C=O) groups is 1. The lowest BCUT2D eigenvalue weighted by Gasteiger charge is -2.45. The van der Waals surface area contributed by atoms with Gasteiger partial charge in [0.05, 0.1) is 13.7 Å². The number of methoxy groups -OCH3 is 1. The third kappa shape index (κ3) is 6.34. The highest BCUT2D eigenvalue weighted by molar-refractivity contribution is 6.76. The van der Waals surface area contributed by atoms with Gasteiger partial charge in [-0.2, -0.15) is 0 Å². The van der Waals surface area contributed by atoms with Crippen molar-refractivity contribution in [1.82, 2.24) is 0 Å². The predicted molar refractivity (Wildman–Crippen MR) is 151 cm³/mol. The standard InChI is InChI=1S/C31H48O4Si/c1-23-17-18-26(30(3,4)25-14-10-9-11-15-25)27(21-23)35-29(32)31(22-34-19-20-36(6,7)8)24(2)13-12-16-28(31)33-5/h9-11,13-16,23,26-27H,12,17-22H2,1-8H3/t23-,26-,27-,31?/m1/s1. The minimum Gasteiger partial charge on any atom is -0.500 e. The molecule has 0 spiro atoms. The van der Waals surface area contributed by atoms with Crippen LogP contribution in [-0.2, 0) is 24.4 Å². The summed E-state index contributed by atoms with van der Waals surface area (Å²) in [5, 5.41) is 0. The van der Waals surface area contributed by atoms with Crippen molar-refractivity contribution in [2.75, 3.05) is 20.3 Å². The summed E-state index contributed by atoms with van der Waals surface area (Å²) in [5.74, 6) is 1.19. The Bertz CT molecular complexity index is 943. The molecule has 0 aliphatic heterocycles. The van der Waals surface area contributed by atoms with Crippen LogP contribution in [0.5, 0.6) is 0 Å². The van der Waals surface area contributed by atoms with Gasteiger partial charge in [-0.15, -0.1) is 0 Å². The molecule has 1 unspecified atom stereocenters. The van der Waals surface area contributed by atoms with Gasteiger partial charge in [0.25, 0.3) is 0 Å². The number of rotatable bonds is 10. The summed E-state index contributed by atoms with van der Waals surface area (Å²) >= 11 is 0. The zero-order valence-electron chi connectivity index (χ0n) is 23.9. The van der Waals surface area contributed by atoms with E-state index in [1.165, 1.54) is 5.56 Å². The summed E-state index contributed by atoms with van der Waals surface area (Å²) in [6, 6.07) is 11.7. The van der Waals surface area contributed by atoms with Crippen molar-refractivity contribution >= 4 is 14.0 Å². The number of benzene rings is 1. The molecule has 36 heavy (non-hydrogen) atoms. The van der Waals surface area contributed by atoms with E-state index in [1.54, 1.807) is 7.11 Å². The maximum atomic E-state index is 14.2. The van der Waals surface area contributed by atoms with Crippen LogP contribution < -0.4 is 0 Å². The second kappa shape index (κ2) is 11.7. The molecular formula is C31H48O4Si. The van der Waals surface area contributed by atoms with Gasteiger partial charge in [-0.25, -0.2) is 0 Å². The first-order valence-electron chi connectivity index (χ1n) is 13.7. The molecule has 1 aromatic carbocycles. The summed E-state index contributed by atoms with van der Waals surface area (Å²) in [6.07, 6.45) is 7.80. The van der Waals surface area contributed by atoms with E-state index in [0.717, 1.165) is 37.3 Å². The van der Waals surface area contributed by atoms with Gasteiger partial charge >= 0.3 is 5.97 Å². The van der Waals surface area contributed by atoms with Crippen molar-refractivity contribution in [2.24, 2.45) is 17.3 Å². The molecular weight excluding hydrogens is 464 g/mol. The first-order valence-corrected chi connectivity index (χ1v) is 17.4. The fraction of sp³-hybridized carbons (Fsp3) is 0.645. The highest BCUT2D eigenvalue weighted by Crippen LogP contribution is 2.46. The molecule has 1 fully saturated rings. The first kappa shape index (κ1) is 28.7. The number of esters is 1. The lowest BCUT2D eigenvalue weighted by Crippen LogP contribution is -2.48. The van der Waals surface area contributed by atoms with Crippen LogP contribution in [0.3, 0.4) is 0 Å². The molecule has 3 rings (SSSR count). The zero-order chi connectivity index (χ0) is 26.6. The Morgan fingerprint density at radius 3 is 2.44 bits per heavy atom. The third-order valence-corrected chi connectivity index (χ3v) is 10.2. The molecule has 0 amide bonds. The SMILES string of the molecule is COC1=CCC=C(C)C1(COCC[Si](C)(C)C)C(=O)O[C@@H]1C[C@H](C)CC[C@H]1C(C)(C)c1ccccc1. The summed E-state index contributed by atoms with van der Waals surface area (Å²) in [6.45, 7) is 16.8. The van der Waals surface area contributed by atoms with E-state index in [1.807, 2.05) is 13.0 Å². The molecule has 0 bridgehead atoms. The summed E-state index contributed by atoms with van der Waals surface area (Å²) in [5.41, 5.74) is 1.13. The van der Waals surface area contributed by atoms with E-state index >= 15 is 0 Å². The fourth-order valence-corrected chi connectivity index (χ4v) is 6.61. The molecule has 4 atom stereocenters. The smallest absolute Gasteiger partial charge is 0.326 e. The number of carbonyl (C=O) groups excluding carboxylic acids is 1. The molecule has 4 nitrogen and oxygen atoms in total. The Morgan fingerprint density at radius 1 is 1.11 bits per heavy atom. The average Bonchev–Trinajstić information content (AvgIpc) is 2.82. The largest absolute Gasteiger partial charge is 0.500 e. The maximum absolute atomic E-state index is 14.2. The monoisotopic (exact) mass is 512 g/mol. The van der Waals surface area contributed by atoms with Crippen LogP contribution in [-0.4, -0.2) is 40.5 Å². The van der Waals surface area contributed by atoms with Crippen LogP contribution in [0.25, 0.3) is 0 Å². The van der Waals surface area contributed by atoms with E-state index in [2.05, 4.69) is 76.8 Å².